The van der Waals surface area contributed by atoms with Gasteiger partial charge in [0.25, 0.3) is 0 Å². The number of nitriles is 9. The van der Waals surface area contributed by atoms with E-state index in [1.54, 1.807) is 88.0 Å². The average Bonchev–Trinajstić information content (AvgIpc) is 1.77. The van der Waals surface area contributed by atoms with E-state index in [0.717, 1.165) is 6.07 Å². The summed E-state index contributed by atoms with van der Waals surface area (Å²) in [6, 6.07) is 68.3. The van der Waals surface area contributed by atoms with Crippen molar-refractivity contribution < 1.29 is 13.2 Å². The van der Waals surface area contributed by atoms with E-state index in [2.05, 4.69) is 54.6 Å². The topological polar surface area (TPSA) is 224 Å². The van der Waals surface area contributed by atoms with Crippen molar-refractivity contribution in [1.29, 1.82) is 47.4 Å². The van der Waals surface area contributed by atoms with Crippen molar-refractivity contribution in [1.82, 2.24) is 9.13 Å². The highest BCUT2D eigenvalue weighted by Crippen LogP contribution is 2.47. The minimum Gasteiger partial charge on any atom is -0.309 e. The van der Waals surface area contributed by atoms with Crippen LogP contribution in [0.15, 0.2) is 182 Å². The molecule has 0 fully saturated rings. The third-order valence-corrected chi connectivity index (χ3v) is 15.1. The summed E-state index contributed by atoms with van der Waals surface area (Å²) in [7, 11) is 0. The molecule has 0 N–H and O–H groups in total. The van der Waals surface area contributed by atoms with Gasteiger partial charge in [-0.2, -0.15) is 60.5 Å². The van der Waals surface area contributed by atoms with Gasteiger partial charge in [-0.15, -0.1) is 0 Å². The lowest BCUT2D eigenvalue weighted by atomic mass is 9.94. The third kappa shape index (κ3) is 8.48. The summed E-state index contributed by atoms with van der Waals surface area (Å²) >= 11 is 0. The van der Waals surface area contributed by atoms with E-state index in [4.69, 9.17) is 0 Å². The molecule has 0 bridgehead atoms. The highest BCUT2D eigenvalue weighted by Gasteiger charge is 2.35. The number of alkyl halides is 3. The van der Waals surface area contributed by atoms with Gasteiger partial charge in [-0.1, -0.05) is 91.0 Å². The quantitative estimate of drug-likeness (QED) is 0.148. The van der Waals surface area contributed by atoms with Crippen LogP contribution in [0, 0.1) is 102 Å². The Balaban J connectivity index is 1.24. The van der Waals surface area contributed by atoms with Gasteiger partial charge in [0.2, 0.25) is 0 Å². The molecule has 2 aromatic heterocycles. The van der Waals surface area contributed by atoms with E-state index < -0.39 is 11.7 Å². The molecule has 12 rings (SSSR count). The lowest BCUT2D eigenvalue weighted by molar-refractivity contribution is -0.137. The van der Waals surface area contributed by atoms with E-state index in [1.807, 2.05) is 48.5 Å². The molecule has 84 heavy (non-hydrogen) atoms. The van der Waals surface area contributed by atoms with E-state index >= 15 is 13.2 Å². The molecular weight excluding hydrogens is 1050 g/mol. The van der Waals surface area contributed by atoms with Gasteiger partial charge < -0.3 is 9.13 Å². The van der Waals surface area contributed by atoms with Crippen LogP contribution in [0.5, 0.6) is 0 Å². The van der Waals surface area contributed by atoms with Crippen LogP contribution in [-0.2, 0) is 6.18 Å². The zero-order valence-electron chi connectivity index (χ0n) is 43.4. The number of aromatic nitrogens is 2. The fourth-order valence-electron chi connectivity index (χ4n) is 11.3. The standard InChI is InChI=1S/C70H30F3N11/c71-70(72,73)63-4-2-1-3-57(63)62-30-64(83-65-25-44(53-13-5-40(31-74)21-48(53)35-78)9-17-58(65)59-18-10-45(26-66(59)83)54-14-6-41(32-75)22-49(54)36-79)52(39-82)29-69(62)84-67-27-46(55-15-7-42(33-76)23-50(55)37-80)11-19-60(67)61-20-12-47(28-68(61)84)56-16-8-43(34-77)24-51(56)38-81/h1-30H. The summed E-state index contributed by atoms with van der Waals surface area (Å²) in [5.41, 5.74) is 6.85. The molecule has 14 heteroatoms. The summed E-state index contributed by atoms with van der Waals surface area (Å²) in [6.07, 6.45) is -4.91. The Morgan fingerprint density at radius 2 is 0.595 bits per heavy atom. The van der Waals surface area contributed by atoms with Gasteiger partial charge >= 0.3 is 6.18 Å². The molecule has 0 amide bonds. The molecule has 12 aromatic rings. The highest BCUT2D eigenvalue weighted by atomic mass is 19.4. The summed E-state index contributed by atoms with van der Waals surface area (Å²) in [6.45, 7) is 0. The van der Waals surface area contributed by atoms with Crippen LogP contribution in [0.3, 0.4) is 0 Å². The van der Waals surface area contributed by atoms with Gasteiger partial charge in [-0.3, -0.25) is 0 Å². The number of hydrogen-bond acceptors (Lipinski definition) is 9. The van der Waals surface area contributed by atoms with E-state index in [-0.39, 0.29) is 72.6 Å². The SMILES string of the molecule is N#Cc1ccc(-c2ccc3c4ccc(-c5ccc(C#N)cc5C#N)cc4n(-c4cc(-c5ccccc5C(F)(F)F)c(-n5c6cc(-c7ccc(C#N)cc7C#N)ccc6c6ccc(-c7ccc(C#N)cc7C#N)cc65)cc4C#N)c3c2)c(C#N)c1. The molecule has 0 spiro atoms. The minimum atomic E-state index is -4.91. The van der Waals surface area contributed by atoms with Crippen LogP contribution in [-0.4, -0.2) is 9.13 Å². The molecule has 0 aliphatic rings. The predicted octanol–water partition coefficient (Wildman–Crippen LogP) is 16.1. The Morgan fingerprint density at radius 3 is 0.905 bits per heavy atom. The highest BCUT2D eigenvalue weighted by molar-refractivity contribution is 6.14. The Bertz CT molecular complexity index is 5060. The molecule has 386 valence electrons. The van der Waals surface area contributed by atoms with Crippen molar-refractivity contribution in [2.45, 2.75) is 6.18 Å². The second-order valence-corrected chi connectivity index (χ2v) is 19.6. The molecule has 0 saturated heterocycles. The molecule has 0 saturated carbocycles. The van der Waals surface area contributed by atoms with E-state index in [0.29, 0.717) is 88.1 Å². The molecule has 0 aliphatic carbocycles. The Kier molecular flexibility index (Phi) is 12.5. The van der Waals surface area contributed by atoms with Crippen molar-refractivity contribution in [3.05, 3.63) is 238 Å². The van der Waals surface area contributed by atoms with Crippen LogP contribution >= 0.6 is 0 Å². The minimum absolute atomic E-state index is 0.0000436. The molecule has 0 aliphatic heterocycles. The second kappa shape index (κ2) is 20.3. The lowest BCUT2D eigenvalue weighted by Crippen LogP contribution is -2.09. The number of fused-ring (bicyclic) bond motifs is 6. The first-order valence-corrected chi connectivity index (χ1v) is 25.6. The summed E-state index contributed by atoms with van der Waals surface area (Å²) in [4.78, 5) is 0. The van der Waals surface area contributed by atoms with Gasteiger partial charge in [0.05, 0.1) is 138 Å². The summed E-state index contributed by atoms with van der Waals surface area (Å²) < 4.78 is 50.9. The first-order valence-electron chi connectivity index (χ1n) is 25.6. The van der Waals surface area contributed by atoms with Gasteiger partial charge in [0.15, 0.2) is 0 Å². The number of halogens is 3. The van der Waals surface area contributed by atoms with Crippen LogP contribution in [0.1, 0.15) is 55.6 Å². The van der Waals surface area contributed by atoms with Crippen LogP contribution in [0.2, 0.25) is 0 Å². The number of rotatable bonds is 7. The Morgan fingerprint density at radius 1 is 0.274 bits per heavy atom. The van der Waals surface area contributed by atoms with E-state index in [9.17, 15) is 47.4 Å². The molecule has 2 heterocycles. The first-order chi connectivity index (χ1) is 40.8. The predicted molar refractivity (Wildman–Crippen MR) is 310 cm³/mol. The molecule has 0 atom stereocenters. The normalized spacial score (nSPS) is 10.9. The number of hydrogen-bond donors (Lipinski definition) is 0. The Hall–Kier alpha value is -13.0. The van der Waals surface area contributed by atoms with Crippen LogP contribution in [0.25, 0.3) is 111 Å². The first kappa shape index (κ1) is 51.7. The third-order valence-electron chi connectivity index (χ3n) is 15.1. The maximum Gasteiger partial charge on any atom is 0.417 e. The van der Waals surface area contributed by atoms with Crippen molar-refractivity contribution in [3.8, 4) is 122 Å². The zero-order chi connectivity index (χ0) is 58.6. The molecular formula is C70H30F3N11. The maximum atomic E-state index is 15.8. The van der Waals surface area contributed by atoms with Crippen molar-refractivity contribution >= 4 is 43.6 Å². The molecule has 0 radical (unpaired) electrons. The molecule has 0 unspecified atom stereocenters. The fourth-order valence-corrected chi connectivity index (χ4v) is 11.3. The van der Waals surface area contributed by atoms with E-state index in [1.165, 1.54) is 48.5 Å². The lowest BCUT2D eigenvalue weighted by Gasteiger charge is -2.21. The largest absolute Gasteiger partial charge is 0.417 e. The van der Waals surface area contributed by atoms with Crippen LogP contribution < -0.4 is 0 Å². The van der Waals surface area contributed by atoms with Gasteiger partial charge in [-0.05, 0) is 141 Å². The Labute approximate surface area is 476 Å². The monoisotopic (exact) mass is 1080 g/mol. The van der Waals surface area contributed by atoms with Crippen molar-refractivity contribution in [2.24, 2.45) is 0 Å². The number of nitrogens with zero attached hydrogens (tertiary/aromatic N) is 11. The van der Waals surface area contributed by atoms with Crippen molar-refractivity contribution in [2.75, 3.05) is 0 Å². The summed E-state index contributed by atoms with van der Waals surface area (Å²) in [5.74, 6) is 0. The number of benzene rings is 10. The smallest absolute Gasteiger partial charge is 0.309 e. The average molecular weight is 1080 g/mol. The van der Waals surface area contributed by atoms with Crippen molar-refractivity contribution in [3.63, 3.8) is 0 Å². The summed E-state index contributed by atoms with van der Waals surface area (Å²) in [5, 5.41) is 94.7. The second-order valence-electron chi connectivity index (χ2n) is 19.6. The van der Waals surface area contributed by atoms with Gasteiger partial charge in [0, 0.05) is 27.1 Å². The molecule has 10 aromatic carbocycles. The van der Waals surface area contributed by atoms with Gasteiger partial charge in [-0.25, -0.2) is 0 Å². The van der Waals surface area contributed by atoms with Gasteiger partial charge in [0.1, 0.15) is 6.07 Å². The zero-order valence-corrected chi connectivity index (χ0v) is 43.4. The fraction of sp³-hybridized carbons (Fsp3) is 0.0143. The molecule has 11 nitrogen and oxygen atoms in total. The maximum absolute atomic E-state index is 15.8. The van der Waals surface area contributed by atoms with Crippen LogP contribution in [0.4, 0.5) is 13.2 Å².